The second kappa shape index (κ2) is 6.93. The zero-order valence-electron chi connectivity index (χ0n) is 15.0. The lowest BCUT2D eigenvalue weighted by atomic mass is 9.61. The van der Waals surface area contributed by atoms with E-state index in [0.29, 0.717) is 0 Å². The van der Waals surface area contributed by atoms with Gasteiger partial charge in [-0.1, -0.05) is 27.7 Å². The molecule has 0 aliphatic rings. The van der Waals surface area contributed by atoms with Gasteiger partial charge in [0, 0.05) is 19.1 Å². The molecule has 0 aromatic rings. The third kappa shape index (κ3) is 6.74. The van der Waals surface area contributed by atoms with Crippen LogP contribution in [0.15, 0.2) is 0 Å². The van der Waals surface area contributed by atoms with Crippen molar-refractivity contribution >= 4 is 5.91 Å². The number of carbonyl (C=O) groups is 1. The molecule has 0 atom stereocenters. The van der Waals surface area contributed by atoms with Crippen LogP contribution in [0, 0.1) is 10.8 Å². The summed E-state index contributed by atoms with van der Waals surface area (Å²) in [6, 6.07) is 0. The Morgan fingerprint density at radius 1 is 1.05 bits per heavy atom. The molecule has 3 nitrogen and oxygen atoms in total. The van der Waals surface area contributed by atoms with Crippen molar-refractivity contribution in [2.24, 2.45) is 10.8 Å². The van der Waals surface area contributed by atoms with Crippen LogP contribution < -0.4 is 5.32 Å². The minimum Gasteiger partial charge on any atom is -0.379 e. The van der Waals surface area contributed by atoms with Crippen molar-refractivity contribution in [2.45, 2.75) is 86.8 Å². The first-order valence-corrected chi connectivity index (χ1v) is 7.69. The van der Waals surface area contributed by atoms with E-state index in [0.717, 1.165) is 19.4 Å². The zero-order valence-corrected chi connectivity index (χ0v) is 15.0. The quantitative estimate of drug-likeness (QED) is 0.727. The van der Waals surface area contributed by atoms with Gasteiger partial charge < -0.3 is 10.1 Å². The van der Waals surface area contributed by atoms with Crippen LogP contribution in [0.1, 0.15) is 75.2 Å². The molecule has 0 spiro atoms. The van der Waals surface area contributed by atoms with Crippen LogP contribution in [0.4, 0.5) is 0 Å². The number of nitrogens with one attached hydrogen (secondary N) is 1. The van der Waals surface area contributed by atoms with Crippen molar-refractivity contribution in [2.75, 3.05) is 6.61 Å². The molecule has 1 amide bonds. The highest BCUT2D eigenvalue weighted by Crippen LogP contribution is 2.46. The number of carbonyl (C=O) groups excluding carboxylic acids is 1. The molecule has 0 heterocycles. The first-order valence-electron chi connectivity index (χ1n) is 7.69. The van der Waals surface area contributed by atoms with E-state index >= 15 is 0 Å². The minimum absolute atomic E-state index is 0.0340. The Labute approximate surface area is 125 Å². The average molecular weight is 285 g/mol. The average Bonchev–Trinajstić information content (AvgIpc) is 2.11. The van der Waals surface area contributed by atoms with Crippen LogP contribution >= 0.6 is 0 Å². The Morgan fingerprint density at radius 2 is 1.55 bits per heavy atom. The second-order valence-corrected chi connectivity index (χ2v) is 8.18. The Hall–Kier alpha value is -0.570. The molecular formula is C17H35NO2. The molecule has 3 heteroatoms. The van der Waals surface area contributed by atoms with Gasteiger partial charge in [0.25, 0.3) is 0 Å². The minimum atomic E-state index is -0.189. The molecule has 1 N–H and O–H groups in total. The summed E-state index contributed by atoms with van der Waals surface area (Å²) in [4.78, 5) is 11.3. The smallest absolute Gasteiger partial charge is 0.217 e. The van der Waals surface area contributed by atoms with Gasteiger partial charge in [-0.3, -0.25) is 4.79 Å². The first-order chi connectivity index (χ1) is 8.79. The normalized spacial score (nSPS) is 13.7. The third-order valence-electron chi connectivity index (χ3n) is 4.41. The number of rotatable bonds is 8. The van der Waals surface area contributed by atoms with Crippen LogP contribution in [-0.2, 0) is 9.53 Å². The van der Waals surface area contributed by atoms with Gasteiger partial charge >= 0.3 is 0 Å². The largest absolute Gasteiger partial charge is 0.379 e. The summed E-state index contributed by atoms with van der Waals surface area (Å²) < 4.78 is 5.70. The lowest BCUT2D eigenvalue weighted by molar-refractivity contribution is -0.121. The Kier molecular flexibility index (Phi) is 6.73. The SMILES string of the molecule is CC(=O)NC(C)(C)CC(C)(C)C(C)(C)CCOC(C)C. The van der Waals surface area contributed by atoms with E-state index in [4.69, 9.17) is 4.74 Å². The summed E-state index contributed by atoms with van der Waals surface area (Å²) in [6.07, 6.45) is 2.24. The highest BCUT2D eigenvalue weighted by atomic mass is 16.5. The van der Waals surface area contributed by atoms with Crippen LogP contribution in [0.5, 0.6) is 0 Å². The van der Waals surface area contributed by atoms with Crippen molar-refractivity contribution in [3.05, 3.63) is 0 Å². The van der Waals surface area contributed by atoms with Gasteiger partial charge in [-0.25, -0.2) is 0 Å². The second-order valence-electron chi connectivity index (χ2n) is 8.18. The number of hydrogen-bond donors (Lipinski definition) is 1. The predicted octanol–water partition coefficient (Wildman–Crippen LogP) is 4.16. The van der Waals surface area contributed by atoms with E-state index in [2.05, 4.69) is 60.7 Å². The van der Waals surface area contributed by atoms with Crippen molar-refractivity contribution < 1.29 is 9.53 Å². The predicted molar refractivity (Wildman–Crippen MR) is 85.8 cm³/mol. The monoisotopic (exact) mass is 285 g/mol. The van der Waals surface area contributed by atoms with Crippen molar-refractivity contribution in [3.63, 3.8) is 0 Å². The summed E-state index contributed by atoms with van der Waals surface area (Å²) in [5.41, 5.74) is 0.0719. The molecule has 0 aliphatic heterocycles. The fraction of sp³-hybridized carbons (Fsp3) is 0.941. The van der Waals surface area contributed by atoms with Gasteiger partial charge in [0.1, 0.15) is 0 Å². The molecule has 0 rings (SSSR count). The maximum absolute atomic E-state index is 11.3. The van der Waals surface area contributed by atoms with E-state index in [1.807, 2.05) is 0 Å². The number of ether oxygens (including phenoxy) is 1. The summed E-state index contributed by atoms with van der Waals surface area (Å²) >= 11 is 0. The number of hydrogen-bond acceptors (Lipinski definition) is 2. The van der Waals surface area contributed by atoms with Gasteiger partial charge in [0.05, 0.1) is 6.10 Å². The fourth-order valence-corrected chi connectivity index (χ4v) is 2.75. The molecule has 0 bridgehead atoms. The summed E-state index contributed by atoms with van der Waals surface area (Å²) in [6.45, 7) is 19.8. The van der Waals surface area contributed by atoms with E-state index in [-0.39, 0.29) is 28.4 Å². The van der Waals surface area contributed by atoms with Gasteiger partial charge in [-0.05, 0) is 51.4 Å². The molecule has 0 saturated heterocycles. The molecule has 20 heavy (non-hydrogen) atoms. The zero-order chi connectivity index (χ0) is 16.2. The molecule has 0 aromatic carbocycles. The van der Waals surface area contributed by atoms with E-state index in [9.17, 15) is 4.79 Å². The van der Waals surface area contributed by atoms with Crippen LogP contribution in [0.25, 0.3) is 0 Å². The standard InChI is InChI=1S/C17H35NO2/c1-13(2)20-11-10-15(4,5)16(6,7)12-17(8,9)18-14(3)19/h13H,10-12H2,1-9H3,(H,18,19). The maximum atomic E-state index is 11.3. The molecule has 0 aliphatic carbocycles. The first kappa shape index (κ1) is 19.4. The number of amides is 1. The maximum Gasteiger partial charge on any atom is 0.217 e. The fourth-order valence-electron chi connectivity index (χ4n) is 2.75. The van der Waals surface area contributed by atoms with Crippen LogP contribution in [0.2, 0.25) is 0 Å². The molecule has 120 valence electrons. The molecular weight excluding hydrogens is 250 g/mol. The Balaban J connectivity index is 4.70. The molecule has 0 unspecified atom stereocenters. The van der Waals surface area contributed by atoms with Gasteiger partial charge in [-0.2, -0.15) is 0 Å². The topological polar surface area (TPSA) is 38.3 Å². The molecule has 0 aromatic heterocycles. The highest BCUT2D eigenvalue weighted by Gasteiger charge is 2.40. The van der Waals surface area contributed by atoms with Crippen molar-refractivity contribution in [3.8, 4) is 0 Å². The van der Waals surface area contributed by atoms with Gasteiger partial charge in [-0.15, -0.1) is 0 Å². The summed E-state index contributed by atoms with van der Waals surface area (Å²) in [5.74, 6) is 0.0340. The lowest BCUT2D eigenvalue weighted by Crippen LogP contribution is -2.48. The Morgan fingerprint density at radius 3 is 1.95 bits per heavy atom. The van der Waals surface area contributed by atoms with E-state index < -0.39 is 0 Å². The Bertz CT molecular complexity index is 317. The van der Waals surface area contributed by atoms with E-state index in [1.165, 1.54) is 0 Å². The summed E-state index contributed by atoms with van der Waals surface area (Å²) in [5, 5.41) is 3.05. The van der Waals surface area contributed by atoms with Crippen LogP contribution in [0.3, 0.4) is 0 Å². The third-order valence-corrected chi connectivity index (χ3v) is 4.41. The van der Waals surface area contributed by atoms with Crippen molar-refractivity contribution in [1.82, 2.24) is 5.32 Å². The van der Waals surface area contributed by atoms with Gasteiger partial charge in [0.15, 0.2) is 0 Å². The van der Waals surface area contributed by atoms with Crippen molar-refractivity contribution in [1.29, 1.82) is 0 Å². The molecule has 0 saturated carbocycles. The van der Waals surface area contributed by atoms with E-state index in [1.54, 1.807) is 6.92 Å². The summed E-state index contributed by atoms with van der Waals surface area (Å²) in [7, 11) is 0. The molecule has 0 fully saturated rings. The lowest BCUT2D eigenvalue weighted by Gasteiger charge is -2.46. The van der Waals surface area contributed by atoms with Gasteiger partial charge in [0.2, 0.25) is 5.91 Å². The molecule has 0 radical (unpaired) electrons. The highest BCUT2D eigenvalue weighted by molar-refractivity contribution is 5.73. The van der Waals surface area contributed by atoms with Crippen LogP contribution in [-0.4, -0.2) is 24.2 Å².